The van der Waals surface area contributed by atoms with Gasteiger partial charge in [0.15, 0.2) is 5.78 Å². The number of nitrogens with zero attached hydrogens (tertiary/aromatic N) is 1. The summed E-state index contributed by atoms with van der Waals surface area (Å²) in [6, 6.07) is 10.8. The van der Waals surface area contributed by atoms with Gasteiger partial charge in [-0.3, -0.25) is 4.79 Å². The van der Waals surface area contributed by atoms with Gasteiger partial charge < -0.3 is 4.42 Å². The van der Waals surface area contributed by atoms with E-state index in [0.29, 0.717) is 5.56 Å². The van der Waals surface area contributed by atoms with E-state index in [1.54, 1.807) is 12.1 Å². The van der Waals surface area contributed by atoms with E-state index < -0.39 is 5.92 Å². The van der Waals surface area contributed by atoms with Crippen LogP contribution in [0, 0.1) is 18.3 Å². The average molecular weight is 260 g/mol. The molecule has 0 fully saturated rings. The van der Waals surface area contributed by atoms with Crippen LogP contribution in [0.4, 0.5) is 0 Å². The highest BCUT2D eigenvalue weighted by Crippen LogP contribution is 2.25. The van der Waals surface area contributed by atoms with Crippen LogP contribution < -0.4 is 0 Å². The number of hydrogen-bond donors (Lipinski definition) is 0. The van der Waals surface area contributed by atoms with Gasteiger partial charge in [-0.2, -0.15) is 5.26 Å². The molecule has 0 amide bonds. The molecule has 0 bridgehead atoms. The fraction of sp³-hybridized carbons (Fsp3) is 0.143. The zero-order chi connectivity index (χ0) is 13.1. The first-order chi connectivity index (χ1) is 8.63. The smallest absolute Gasteiger partial charge is 0.203 e. The number of Topliss-reactive ketones (excluding diaryl/α,β-unsaturated/α-hetero) is 1. The van der Waals surface area contributed by atoms with Crippen molar-refractivity contribution in [2.45, 2.75) is 12.8 Å². The quantitative estimate of drug-likeness (QED) is 0.789. The molecule has 90 valence electrons. The van der Waals surface area contributed by atoms with Gasteiger partial charge in [0.1, 0.15) is 5.92 Å². The monoisotopic (exact) mass is 259 g/mol. The summed E-state index contributed by atoms with van der Waals surface area (Å²) < 4.78 is 4.87. The summed E-state index contributed by atoms with van der Waals surface area (Å²) in [5, 5.41) is 9.19. The van der Waals surface area contributed by atoms with E-state index in [-0.39, 0.29) is 16.6 Å². The predicted octanol–water partition coefficient (Wildman–Crippen LogP) is 3.73. The van der Waals surface area contributed by atoms with Gasteiger partial charge in [-0.1, -0.05) is 29.8 Å². The fourth-order valence-electron chi connectivity index (χ4n) is 1.67. The normalized spacial score (nSPS) is 11.8. The number of hydrogen-bond acceptors (Lipinski definition) is 3. The van der Waals surface area contributed by atoms with Crippen molar-refractivity contribution in [3.05, 3.63) is 58.5 Å². The third kappa shape index (κ3) is 2.29. The van der Waals surface area contributed by atoms with Gasteiger partial charge in [-0.05, 0) is 30.2 Å². The van der Waals surface area contributed by atoms with Crippen molar-refractivity contribution < 1.29 is 9.21 Å². The van der Waals surface area contributed by atoms with Crippen molar-refractivity contribution in [3.8, 4) is 6.07 Å². The Morgan fingerprint density at radius 3 is 2.50 bits per heavy atom. The Bertz CT molecular complexity index is 607. The van der Waals surface area contributed by atoms with Crippen molar-refractivity contribution in [1.82, 2.24) is 0 Å². The van der Waals surface area contributed by atoms with Crippen LogP contribution in [0.2, 0.25) is 5.22 Å². The summed E-state index contributed by atoms with van der Waals surface area (Å²) in [5.41, 5.74) is 1.97. The summed E-state index contributed by atoms with van der Waals surface area (Å²) in [4.78, 5) is 12.2. The summed E-state index contributed by atoms with van der Waals surface area (Å²) in [7, 11) is 0. The lowest BCUT2D eigenvalue weighted by Crippen LogP contribution is -2.10. The minimum atomic E-state index is -0.860. The summed E-state index contributed by atoms with van der Waals surface area (Å²) in [5.74, 6) is -1.21. The second-order valence-electron chi connectivity index (χ2n) is 3.95. The van der Waals surface area contributed by atoms with E-state index in [4.69, 9.17) is 21.3 Å². The number of halogens is 1. The molecule has 0 spiro atoms. The second-order valence-corrected chi connectivity index (χ2v) is 4.29. The van der Waals surface area contributed by atoms with Gasteiger partial charge in [0.25, 0.3) is 0 Å². The molecule has 18 heavy (non-hydrogen) atoms. The molecule has 3 nitrogen and oxygen atoms in total. The number of furan rings is 1. The Labute approximate surface area is 110 Å². The van der Waals surface area contributed by atoms with E-state index in [2.05, 4.69) is 0 Å². The molecule has 1 aromatic carbocycles. The molecule has 0 saturated heterocycles. The lowest BCUT2D eigenvalue weighted by molar-refractivity contribution is 0.0978. The lowest BCUT2D eigenvalue weighted by Gasteiger charge is -2.07. The largest absolute Gasteiger partial charge is 0.452 e. The van der Waals surface area contributed by atoms with Gasteiger partial charge in [-0.15, -0.1) is 0 Å². The van der Waals surface area contributed by atoms with E-state index >= 15 is 0 Å². The van der Waals surface area contributed by atoms with Crippen molar-refractivity contribution in [3.63, 3.8) is 0 Å². The van der Waals surface area contributed by atoms with Crippen LogP contribution >= 0.6 is 11.6 Å². The van der Waals surface area contributed by atoms with E-state index in [9.17, 15) is 4.79 Å². The van der Waals surface area contributed by atoms with Crippen LogP contribution in [0.3, 0.4) is 0 Å². The average Bonchev–Trinajstić information content (AvgIpc) is 2.78. The molecule has 2 rings (SSSR count). The Morgan fingerprint density at radius 1 is 1.33 bits per heavy atom. The molecule has 2 aromatic rings. The summed E-state index contributed by atoms with van der Waals surface area (Å²) in [6.45, 7) is 1.94. The number of aryl methyl sites for hydroxylation is 1. The molecule has 1 heterocycles. The molecule has 1 aromatic heterocycles. The van der Waals surface area contributed by atoms with E-state index in [1.165, 1.54) is 12.3 Å². The summed E-state index contributed by atoms with van der Waals surface area (Å²) >= 11 is 5.75. The van der Waals surface area contributed by atoms with Crippen LogP contribution in [-0.4, -0.2) is 5.78 Å². The molecule has 0 N–H and O–H groups in total. The molecule has 0 saturated carbocycles. The zero-order valence-electron chi connectivity index (χ0n) is 9.68. The Kier molecular flexibility index (Phi) is 3.50. The highest BCUT2D eigenvalue weighted by atomic mass is 35.5. The molecular formula is C14H10ClNO2. The molecule has 1 unspecified atom stereocenters. The summed E-state index contributed by atoms with van der Waals surface area (Å²) in [6.07, 6.45) is 1.33. The second kappa shape index (κ2) is 5.07. The Balaban J connectivity index is 2.36. The van der Waals surface area contributed by atoms with Gasteiger partial charge in [0, 0.05) is 0 Å². The van der Waals surface area contributed by atoms with Gasteiger partial charge >= 0.3 is 0 Å². The maximum atomic E-state index is 12.2. The number of carbonyl (C=O) groups excluding carboxylic acids is 1. The van der Waals surface area contributed by atoms with Gasteiger partial charge in [0.05, 0.1) is 17.9 Å². The Hall–Kier alpha value is -2.05. The van der Waals surface area contributed by atoms with Crippen molar-refractivity contribution in [2.24, 2.45) is 0 Å². The first-order valence-electron chi connectivity index (χ1n) is 5.37. The van der Waals surface area contributed by atoms with Crippen LogP contribution in [0.25, 0.3) is 0 Å². The maximum Gasteiger partial charge on any atom is 0.203 e. The van der Waals surface area contributed by atoms with Crippen LogP contribution in [0.15, 0.2) is 41.0 Å². The van der Waals surface area contributed by atoms with Gasteiger partial charge in [0.2, 0.25) is 5.22 Å². The van der Waals surface area contributed by atoms with Crippen molar-refractivity contribution >= 4 is 17.4 Å². The van der Waals surface area contributed by atoms with Crippen LogP contribution in [0.5, 0.6) is 0 Å². The molecule has 0 aliphatic carbocycles. The van der Waals surface area contributed by atoms with E-state index in [0.717, 1.165) is 5.56 Å². The number of carbonyl (C=O) groups is 1. The Morgan fingerprint density at radius 2 is 2.00 bits per heavy atom. The predicted molar refractivity (Wildman–Crippen MR) is 67.6 cm³/mol. The lowest BCUT2D eigenvalue weighted by atomic mass is 9.92. The first kappa shape index (κ1) is 12.4. The van der Waals surface area contributed by atoms with Crippen molar-refractivity contribution in [1.29, 1.82) is 5.26 Å². The zero-order valence-corrected chi connectivity index (χ0v) is 10.4. The highest BCUT2D eigenvalue weighted by molar-refractivity contribution is 6.32. The fourth-order valence-corrected chi connectivity index (χ4v) is 1.88. The number of ketones is 1. The van der Waals surface area contributed by atoms with Crippen molar-refractivity contribution in [2.75, 3.05) is 0 Å². The molecule has 0 aliphatic rings. The van der Waals surface area contributed by atoms with Gasteiger partial charge in [-0.25, -0.2) is 0 Å². The minimum absolute atomic E-state index is 0.0207. The minimum Gasteiger partial charge on any atom is -0.452 e. The van der Waals surface area contributed by atoms with E-state index in [1.807, 2.05) is 25.1 Å². The standard InChI is InChI=1S/C14H10ClNO2/c1-9-2-4-10(5-3-9)12(8-16)13(17)11-6-7-18-14(11)15/h2-7,12H,1H3. The number of rotatable bonds is 3. The molecule has 1 atom stereocenters. The van der Waals surface area contributed by atoms with Crippen LogP contribution in [0.1, 0.15) is 27.4 Å². The third-order valence-electron chi connectivity index (χ3n) is 2.69. The number of nitriles is 1. The van der Waals surface area contributed by atoms with Crippen LogP contribution in [-0.2, 0) is 0 Å². The molecule has 0 radical (unpaired) electrons. The molecule has 4 heteroatoms. The maximum absolute atomic E-state index is 12.2. The molecular weight excluding hydrogens is 250 g/mol. The molecule has 0 aliphatic heterocycles. The third-order valence-corrected chi connectivity index (χ3v) is 2.98. The SMILES string of the molecule is Cc1ccc(C(C#N)C(=O)c2ccoc2Cl)cc1. The first-order valence-corrected chi connectivity index (χ1v) is 5.74. The number of benzene rings is 1. The topological polar surface area (TPSA) is 54.0 Å². The highest BCUT2D eigenvalue weighted by Gasteiger charge is 2.24.